The lowest BCUT2D eigenvalue weighted by Gasteiger charge is -2.38. The molecule has 12 heavy (non-hydrogen) atoms. The highest BCUT2D eigenvalue weighted by molar-refractivity contribution is 5.76. The molecule has 0 aliphatic carbocycles. The lowest BCUT2D eigenvalue weighted by Crippen LogP contribution is -2.63. The van der Waals surface area contributed by atoms with Gasteiger partial charge >= 0.3 is 5.97 Å². The van der Waals surface area contributed by atoms with E-state index in [-0.39, 0.29) is 6.61 Å². The van der Waals surface area contributed by atoms with Gasteiger partial charge in [-0.2, -0.15) is 0 Å². The summed E-state index contributed by atoms with van der Waals surface area (Å²) >= 11 is 0. The number of hydrogen-bond donors (Lipinski definition) is 3. The zero-order chi connectivity index (χ0) is 9.35. The van der Waals surface area contributed by atoms with Crippen LogP contribution in [-0.2, 0) is 9.53 Å². The number of nitrogens with one attached hydrogen (secondary N) is 1. The van der Waals surface area contributed by atoms with Crippen molar-refractivity contribution in [3.63, 3.8) is 0 Å². The van der Waals surface area contributed by atoms with Gasteiger partial charge in [-0.25, -0.2) is 4.79 Å². The van der Waals surface area contributed by atoms with Crippen LogP contribution in [0, 0.1) is 0 Å². The highest BCUT2D eigenvalue weighted by Crippen LogP contribution is 2.19. The second-order valence-corrected chi connectivity index (χ2v) is 3.18. The standard InChI is InChI=1S/C7H13NO4/c1-7(11)3-12-6(10)4(9)5(7)8-2/h4-5,8-9,11H,3H2,1-2H3. The van der Waals surface area contributed by atoms with Crippen LogP contribution >= 0.6 is 0 Å². The van der Waals surface area contributed by atoms with E-state index >= 15 is 0 Å². The van der Waals surface area contributed by atoms with Gasteiger partial charge in [-0.1, -0.05) is 0 Å². The number of carbonyl (C=O) groups excluding carboxylic acids is 1. The van der Waals surface area contributed by atoms with Crippen LogP contribution in [0.2, 0.25) is 0 Å². The van der Waals surface area contributed by atoms with E-state index in [1.54, 1.807) is 7.05 Å². The molecule has 3 unspecified atom stereocenters. The molecule has 5 nitrogen and oxygen atoms in total. The number of aliphatic hydroxyl groups is 2. The summed E-state index contributed by atoms with van der Waals surface area (Å²) in [7, 11) is 1.57. The van der Waals surface area contributed by atoms with Gasteiger partial charge in [0.25, 0.3) is 0 Å². The first-order chi connectivity index (χ1) is 5.49. The molecule has 0 aromatic rings. The van der Waals surface area contributed by atoms with E-state index in [9.17, 15) is 15.0 Å². The Morgan fingerprint density at radius 2 is 2.33 bits per heavy atom. The average Bonchev–Trinajstić information content (AvgIpc) is 1.99. The Balaban J connectivity index is 2.79. The van der Waals surface area contributed by atoms with Crippen molar-refractivity contribution in [1.82, 2.24) is 5.32 Å². The predicted octanol–water partition coefficient (Wildman–Crippen LogP) is -1.76. The Morgan fingerprint density at radius 1 is 1.75 bits per heavy atom. The molecular formula is C7H13NO4. The number of hydrogen-bond acceptors (Lipinski definition) is 5. The second-order valence-electron chi connectivity index (χ2n) is 3.18. The third kappa shape index (κ3) is 1.43. The summed E-state index contributed by atoms with van der Waals surface area (Å²) in [5, 5.41) is 21.6. The summed E-state index contributed by atoms with van der Waals surface area (Å²) in [5.41, 5.74) is -1.21. The van der Waals surface area contributed by atoms with Gasteiger partial charge in [0.2, 0.25) is 0 Å². The van der Waals surface area contributed by atoms with Gasteiger partial charge in [0.1, 0.15) is 12.2 Å². The molecule has 1 rings (SSSR count). The van der Waals surface area contributed by atoms with E-state index in [2.05, 4.69) is 10.1 Å². The number of cyclic esters (lactones) is 1. The minimum Gasteiger partial charge on any atom is -0.461 e. The molecule has 70 valence electrons. The molecular weight excluding hydrogens is 162 g/mol. The molecule has 3 atom stereocenters. The maximum atomic E-state index is 10.8. The number of ether oxygens (including phenoxy) is 1. The molecule has 0 bridgehead atoms. The first-order valence-electron chi connectivity index (χ1n) is 3.73. The molecule has 1 aliphatic rings. The first-order valence-corrected chi connectivity index (χ1v) is 3.73. The molecule has 0 aromatic heterocycles. The maximum Gasteiger partial charge on any atom is 0.336 e. The minimum absolute atomic E-state index is 0.0889. The number of likely N-dealkylation sites (N-methyl/N-ethyl adjacent to an activating group) is 1. The van der Waals surface area contributed by atoms with E-state index in [4.69, 9.17) is 0 Å². The van der Waals surface area contributed by atoms with Crippen molar-refractivity contribution < 1.29 is 19.7 Å². The number of carbonyl (C=O) groups is 1. The zero-order valence-electron chi connectivity index (χ0n) is 7.07. The monoisotopic (exact) mass is 175 g/mol. The SMILES string of the molecule is CNC1C(O)C(=O)OCC1(C)O. The van der Waals surface area contributed by atoms with Gasteiger partial charge in [-0.3, -0.25) is 0 Å². The topological polar surface area (TPSA) is 78.8 Å². The largest absolute Gasteiger partial charge is 0.461 e. The number of aliphatic hydroxyl groups excluding tert-OH is 1. The molecule has 5 heteroatoms. The predicted molar refractivity (Wildman–Crippen MR) is 40.4 cm³/mol. The highest BCUT2D eigenvalue weighted by Gasteiger charge is 2.45. The summed E-state index contributed by atoms with van der Waals surface area (Å²) in [6.45, 7) is 1.41. The quantitative estimate of drug-likeness (QED) is 0.412. The van der Waals surface area contributed by atoms with Crippen molar-refractivity contribution in [1.29, 1.82) is 0 Å². The molecule has 0 aromatic carbocycles. The molecule has 0 saturated carbocycles. The Hall–Kier alpha value is -0.650. The van der Waals surface area contributed by atoms with Crippen molar-refractivity contribution in [2.75, 3.05) is 13.7 Å². The van der Waals surface area contributed by atoms with E-state index in [0.717, 1.165) is 0 Å². The van der Waals surface area contributed by atoms with Crippen LogP contribution in [0.15, 0.2) is 0 Å². The van der Waals surface area contributed by atoms with Gasteiger partial charge in [0, 0.05) is 0 Å². The molecule has 1 heterocycles. The van der Waals surface area contributed by atoms with Gasteiger partial charge < -0.3 is 20.3 Å². The van der Waals surface area contributed by atoms with Crippen molar-refractivity contribution >= 4 is 5.97 Å². The zero-order valence-corrected chi connectivity index (χ0v) is 7.07. The van der Waals surface area contributed by atoms with Crippen LogP contribution in [0.1, 0.15) is 6.92 Å². The fourth-order valence-electron chi connectivity index (χ4n) is 1.34. The fourth-order valence-corrected chi connectivity index (χ4v) is 1.34. The highest BCUT2D eigenvalue weighted by atomic mass is 16.6. The van der Waals surface area contributed by atoms with Crippen molar-refractivity contribution in [2.45, 2.75) is 24.7 Å². The fraction of sp³-hybridized carbons (Fsp3) is 0.857. The molecule has 3 N–H and O–H groups in total. The Morgan fingerprint density at radius 3 is 2.75 bits per heavy atom. The van der Waals surface area contributed by atoms with E-state index in [1.807, 2.05) is 0 Å². The van der Waals surface area contributed by atoms with E-state index in [1.165, 1.54) is 6.92 Å². The molecule has 1 saturated heterocycles. The second kappa shape index (κ2) is 3.01. The van der Waals surface area contributed by atoms with Gasteiger partial charge in [-0.05, 0) is 14.0 Å². The smallest absolute Gasteiger partial charge is 0.336 e. The molecule has 1 fully saturated rings. The van der Waals surface area contributed by atoms with Gasteiger partial charge in [-0.15, -0.1) is 0 Å². The van der Waals surface area contributed by atoms with Crippen molar-refractivity contribution in [3.05, 3.63) is 0 Å². The number of rotatable bonds is 1. The number of esters is 1. The molecule has 0 spiro atoms. The van der Waals surface area contributed by atoms with Crippen molar-refractivity contribution in [2.24, 2.45) is 0 Å². The van der Waals surface area contributed by atoms with Crippen LogP contribution in [0.3, 0.4) is 0 Å². The van der Waals surface area contributed by atoms with Gasteiger partial charge in [0.15, 0.2) is 6.10 Å². The summed E-state index contributed by atoms with van der Waals surface area (Å²) in [6.07, 6.45) is -1.29. The van der Waals surface area contributed by atoms with E-state index < -0.39 is 23.7 Å². The summed E-state index contributed by atoms with van der Waals surface area (Å²) in [6, 6.07) is -0.668. The van der Waals surface area contributed by atoms with E-state index in [0.29, 0.717) is 0 Å². The summed E-state index contributed by atoms with van der Waals surface area (Å²) in [4.78, 5) is 10.8. The lowest BCUT2D eigenvalue weighted by molar-refractivity contribution is -0.184. The van der Waals surface area contributed by atoms with Crippen LogP contribution in [0.5, 0.6) is 0 Å². The van der Waals surface area contributed by atoms with Crippen LogP contribution in [0.25, 0.3) is 0 Å². The average molecular weight is 175 g/mol. The summed E-state index contributed by atoms with van der Waals surface area (Å²) in [5.74, 6) is -0.694. The third-order valence-corrected chi connectivity index (χ3v) is 2.04. The van der Waals surface area contributed by atoms with Crippen LogP contribution in [0.4, 0.5) is 0 Å². The molecule has 0 radical (unpaired) electrons. The molecule has 1 aliphatic heterocycles. The minimum atomic E-state index is -1.29. The maximum absolute atomic E-state index is 10.8. The Labute approximate surface area is 70.3 Å². The Bertz CT molecular complexity index is 192. The first kappa shape index (κ1) is 9.44. The Kier molecular flexibility index (Phi) is 2.36. The summed E-state index contributed by atoms with van der Waals surface area (Å²) < 4.78 is 4.56. The van der Waals surface area contributed by atoms with Crippen LogP contribution < -0.4 is 5.32 Å². The lowest BCUT2D eigenvalue weighted by atomic mass is 9.90. The van der Waals surface area contributed by atoms with Crippen LogP contribution in [-0.4, -0.2) is 47.6 Å². The normalized spacial score (nSPS) is 42.5. The third-order valence-electron chi connectivity index (χ3n) is 2.04. The van der Waals surface area contributed by atoms with Crippen molar-refractivity contribution in [3.8, 4) is 0 Å². The molecule has 0 amide bonds. The van der Waals surface area contributed by atoms with Gasteiger partial charge in [0.05, 0.1) is 6.04 Å².